The van der Waals surface area contributed by atoms with Crippen molar-refractivity contribution in [2.45, 2.75) is 6.55 Å². The average Bonchev–Trinajstić information content (AvgIpc) is 1.88. The van der Waals surface area contributed by atoms with E-state index in [0.29, 0.717) is 5.69 Å². The number of nitrogens with zero attached hydrogens (tertiary/aromatic N) is 1. The molecule has 0 unspecified atom stereocenters. The molecule has 0 aliphatic rings. The third-order valence-electron chi connectivity index (χ3n) is 0.937. The Bertz CT molecular complexity index is 188. The summed E-state index contributed by atoms with van der Waals surface area (Å²) in [7, 11) is 0. The first kappa shape index (κ1) is 6.92. The van der Waals surface area contributed by atoms with Crippen LogP contribution in [0.3, 0.4) is 0 Å². The smallest absolute Gasteiger partial charge is 0.313 e. The normalized spacial score (nSPS) is 9.90. The molecule has 1 N–H and O–H groups in total. The van der Waals surface area contributed by atoms with Gasteiger partial charge in [-0.15, -0.1) is 0 Å². The summed E-state index contributed by atoms with van der Waals surface area (Å²) >= 11 is 0. The van der Waals surface area contributed by atoms with Gasteiger partial charge in [0, 0.05) is 6.20 Å². The molecule has 0 aliphatic carbocycles. The molecule has 1 rings (SSSR count). The molecule has 10 heavy (non-hydrogen) atoms. The predicted octanol–water partition coefficient (Wildman–Crippen LogP) is 1.72. The third kappa shape index (κ3) is 1.97. The lowest BCUT2D eigenvalue weighted by Crippen LogP contribution is -2.05. The van der Waals surface area contributed by atoms with Gasteiger partial charge in [-0.05, 0) is 12.1 Å². The highest BCUT2D eigenvalue weighted by molar-refractivity contribution is 5.39. The van der Waals surface area contributed by atoms with Crippen LogP contribution in [0.2, 0.25) is 0 Å². The molecule has 0 radical (unpaired) electrons. The molecule has 0 fully saturated rings. The van der Waals surface area contributed by atoms with Crippen molar-refractivity contribution >= 4 is 5.69 Å². The molecule has 1 aromatic heterocycles. The summed E-state index contributed by atoms with van der Waals surface area (Å²) in [4.78, 5) is 3.64. The number of nitrogens with one attached hydrogen (secondary N) is 1. The highest BCUT2D eigenvalue weighted by atomic mass is 19.3. The fourth-order valence-electron chi connectivity index (χ4n) is 0.574. The topological polar surface area (TPSA) is 24.9 Å². The second-order valence-electron chi connectivity index (χ2n) is 1.69. The minimum absolute atomic E-state index is 0.331. The molecule has 0 spiro atoms. The van der Waals surface area contributed by atoms with Crippen LogP contribution in [0.4, 0.5) is 14.5 Å². The molecule has 0 saturated carbocycles. The van der Waals surface area contributed by atoms with Crippen molar-refractivity contribution in [2.24, 2.45) is 0 Å². The van der Waals surface area contributed by atoms with Crippen LogP contribution in [-0.4, -0.2) is 11.5 Å². The standard InChI is InChI=1S/C6H6F2N2/c7-6(8)10-5-2-1-3-9-4-5/h1-4,6,10H. The number of alkyl halides is 2. The Labute approximate surface area is 56.9 Å². The molecule has 54 valence electrons. The summed E-state index contributed by atoms with van der Waals surface area (Å²) in [5.74, 6) is 0. The van der Waals surface area contributed by atoms with Crippen molar-refractivity contribution in [2.75, 3.05) is 5.32 Å². The average molecular weight is 144 g/mol. The number of rotatable bonds is 2. The monoisotopic (exact) mass is 144 g/mol. The van der Waals surface area contributed by atoms with Crippen LogP contribution in [0, 0.1) is 0 Å². The zero-order chi connectivity index (χ0) is 7.40. The van der Waals surface area contributed by atoms with Crippen LogP contribution in [0.15, 0.2) is 24.5 Å². The van der Waals surface area contributed by atoms with E-state index >= 15 is 0 Å². The Morgan fingerprint density at radius 1 is 1.50 bits per heavy atom. The molecule has 0 amide bonds. The van der Waals surface area contributed by atoms with Crippen LogP contribution in [0.1, 0.15) is 0 Å². The van der Waals surface area contributed by atoms with E-state index in [0.717, 1.165) is 0 Å². The van der Waals surface area contributed by atoms with Crippen LogP contribution in [0.25, 0.3) is 0 Å². The summed E-state index contributed by atoms with van der Waals surface area (Å²) < 4.78 is 23.2. The quantitative estimate of drug-likeness (QED) is 0.639. The van der Waals surface area contributed by atoms with Gasteiger partial charge in [-0.1, -0.05) is 0 Å². The molecule has 0 atom stereocenters. The van der Waals surface area contributed by atoms with E-state index in [1.165, 1.54) is 18.5 Å². The first-order valence-corrected chi connectivity index (χ1v) is 2.74. The van der Waals surface area contributed by atoms with E-state index in [-0.39, 0.29) is 0 Å². The second-order valence-corrected chi connectivity index (χ2v) is 1.69. The van der Waals surface area contributed by atoms with Crippen molar-refractivity contribution in [1.29, 1.82) is 0 Å². The van der Waals surface area contributed by atoms with E-state index in [2.05, 4.69) is 4.98 Å². The largest absolute Gasteiger partial charge is 0.328 e. The van der Waals surface area contributed by atoms with Gasteiger partial charge in [0.15, 0.2) is 0 Å². The maximum Gasteiger partial charge on any atom is 0.313 e. The van der Waals surface area contributed by atoms with Gasteiger partial charge in [0.25, 0.3) is 0 Å². The Morgan fingerprint density at radius 3 is 2.80 bits per heavy atom. The Balaban J connectivity index is 2.59. The summed E-state index contributed by atoms with van der Waals surface area (Å²) in [5.41, 5.74) is 0.331. The van der Waals surface area contributed by atoms with Crippen LogP contribution < -0.4 is 5.32 Å². The van der Waals surface area contributed by atoms with E-state index in [1.807, 2.05) is 5.32 Å². The van der Waals surface area contributed by atoms with Gasteiger partial charge in [0.1, 0.15) is 0 Å². The highest BCUT2D eigenvalue weighted by Crippen LogP contribution is 2.05. The lowest BCUT2D eigenvalue weighted by atomic mass is 10.4. The number of hydrogen-bond donors (Lipinski definition) is 1. The molecular formula is C6H6F2N2. The van der Waals surface area contributed by atoms with Gasteiger partial charge in [-0.2, -0.15) is 8.78 Å². The maximum atomic E-state index is 11.6. The number of anilines is 1. The first-order valence-electron chi connectivity index (χ1n) is 2.74. The summed E-state index contributed by atoms with van der Waals surface area (Å²) in [5, 5.41) is 1.91. The van der Waals surface area contributed by atoms with E-state index in [9.17, 15) is 8.78 Å². The van der Waals surface area contributed by atoms with Crippen LogP contribution in [0.5, 0.6) is 0 Å². The summed E-state index contributed by atoms with van der Waals surface area (Å²) in [6.45, 7) is -2.52. The number of pyridine rings is 1. The van der Waals surface area contributed by atoms with Gasteiger partial charge in [0.2, 0.25) is 0 Å². The second kappa shape index (κ2) is 3.10. The molecule has 1 aromatic rings. The minimum atomic E-state index is -2.52. The number of aromatic nitrogens is 1. The lowest BCUT2D eigenvalue weighted by molar-refractivity contribution is 0.181. The maximum absolute atomic E-state index is 11.6. The number of hydrogen-bond acceptors (Lipinski definition) is 2. The van der Waals surface area contributed by atoms with Gasteiger partial charge >= 0.3 is 6.55 Å². The summed E-state index contributed by atoms with van der Waals surface area (Å²) in [6, 6.07) is 3.11. The van der Waals surface area contributed by atoms with Crippen molar-refractivity contribution in [3.63, 3.8) is 0 Å². The van der Waals surface area contributed by atoms with E-state index in [1.54, 1.807) is 6.07 Å². The zero-order valence-electron chi connectivity index (χ0n) is 5.09. The third-order valence-corrected chi connectivity index (χ3v) is 0.937. The fourth-order valence-corrected chi connectivity index (χ4v) is 0.574. The van der Waals surface area contributed by atoms with Crippen LogP contribution >= 0.6 is 0 Å². The lowest BCUT2D eigenvalue weighted by Gasteiger charge is -2.01. The van der Waals surface area contributed by atoms with Crippen molar-refractivity contribution in [3.05, 3.63) is 24.5 Å². The molecule has 4 heteroatoms. The predicted molar refractivity (Wildman–Crippen MR) is 33.9 cm³/mol. The van der Waals surface area contributed by atoms with Gasteiger partial charge in [-0.3, -0.25) is 4.98 Å². The molecule has 0 aliphatic heterocycles. The van der Waals surface area contributed by atoms with Gasteiger partial charge in [0.05, 0.1) is 11.9 Å². The Morgan fingerprint density at radius 2 is 2.30 bits per heavy atom. The van der Waals surface area contributed by atoms with Crippen LogP contribution in [-0.2, 0) is 0 Å². The van der Waals surface area contributed by atoms with Crippen molar-refractivity contribution in [1.82, 2.24) is 4.98 Å². The van der Waals surface area contributed by atoms with Crippen molar-refractivity contribution < 1.29 is 8.78 Å². The fraction of sp³-hybridized carbons (Fsp3) is 0.167. The zero-order valence-corrected chi connectivity index (χ0v) is 5.09. The molecule has 1 heterocycles. The van der Waals surface area contributed by atoms with Gasteiger partial charge in [-0.25, -0.2) is 0 Å². The van der Waals surface area contributed by atoms with Gasteiger partial charge < -0.3 is 5.32 Å². The summed E-state index contributed by atoms with van der Waals surface area (Å²) in [6.07, 6.45) is 2.86. The van der Waals surface area contributed by atoms with Crippen molar-refractivity contribution in [3.8, 4) is 0 Å². The first-order chi connectivity index (χ1) is 4.79. The molecule has 0 bridgehead atoms. The minimum Gasteiger partial charge on any atom is -0.328 e. The highest BCUT2D eigenvalue weighted by Gasteiger charge is 1.98. The molecule has 0 aromatic carbocycles. The molecule has 0 saturated heterocycles. The van der Waals surface area contributed by atoms with E-state index < -0.39 is 6.55 Å². The van der Waals surface area contributed by atoms with E-state index in [4.69, 9.17) is 0 Å². The molecular weight excluding hydrogens is 138 g/mol. The number of halogens is 2. The SMILES string of the molecule is FC(F)Nc1cccnc1. The molecule has 2 nitrogen and oxygen atoms in total. The Hall–Kier alpha value is -1.19. The Kier molecular flexibility index (Phi) is 2.15.